The third kappa shape index (κ3) is 3.66. The fourth-order valence-corrected chi connectivity index (χ4v) is 4.24. The lowest BCUT2D eigenvalue weighted by atomic mass is 10.00. The first-order chi connectivity index (χ1) is 15.4. The van der Waals surface area contributed by atoms with E-state index in [-0.39, 0.29) is 5.69 Å². The number of benzene rings is 3. The number of nitrogens with zero attached hydrogens (tertiary/aromatic N) is 2. The molecule has 4 nitrogen and oxygen atoms in total. The first-order valence-electron chi connectivity index (χ1n) is 9.83. The predicted molar refractivity (Wildman–Crippen MR) is 126 cm³/mol. The number of halogens is 4. The van der Waals surface area contributed by atoms with Crippen LogP contribution in [0.15, 0.2) is 60.2 Å². The highest BCUT2D eigenvalue weighted by molar-refractivity contribution is 6.36. The first kappa shape index (κ1) is 20.7. The van der Waals surface area contributed by atoms with Gasteiger partial charge in [0.2, 0.25) is 0 Å². The van der Waals surface area contributed by atoms with E-state index in [0.717, 1.165) is 17.0 Å². The van der Waals surface area contributed by atoms with Gasteiger partial charge in [0.25, 0.3) is 0 Å². The van der Waals surface area contributed by atoms with Crippen molar-refractivity contribution < 1.29 is 8.78 Å². The highest BCUT2D eigenvalue weighted by Gasteiger charge is 2.22. The van der Waals surface area contributed by atoms with E-state index < -0.39 is 11.6 Å². The van der Waals surface area contributed by atoms with Crippen LogP contribution in [0.5, 0.6) is 0 Å². The van der Waals surface area contributed by atoms with Gasteiger partial charge in [0.15, 0.2) is 5.82 Å². The lowest BCUT2D eigenvalue weighted by molar-refractivity contribution is 0.584. The molecule has 160 valence electrons. The molecule has 0 fully saturated rings. The second kappa shape index (κ2) is 8.04. The van der Waals surface area contributed by atoms with Crippen LogP contribution < -0.4 is 10.6 Å². The van der Waals surface area contributed by atoms with Gasteiger partial charge in [-0.3, -0.25) is 0 Å². The SMILES string of the molecule is CC1=C(Nc2nc(-c3ccc(Cl)cc3Cl)nc3ccccc23)c2cc(F)cc(F)c2NC1. The molecular weight excluding hydrogens is 453 g/mol. The summed E-state index contributed by atoms with van der Waals surface area (Å²) in [6, 6.07) is 14.8. The summed E-state index contributed by atoms with van der Waals surface area (Å²) in [6.45, 7) is 2.30. The Labute approximate surface area is 192 Å². The molecule has 5 rings (SSSR count). The smallest absolute Gasteiger partial charge is 0.163 e. The Bertz CT molecular complexity index is 1420. The summed E-state index contributed by atoms with van der Waals surface area (Å²) in [5, 5.41) is 8.01. The van der Waals surface area contributed by atoms with E-state index in [0.29, 0.717) is 50.6 Å². The lowest BCUT2D eigenvalue weighted by Gasteiger charge is -2.25. The number of rotatable bonds is 3. The second-order valence-electron chi connectivity index (χ2n) is 7.48. The summed E-state index contributed by atoms with van der Waals surface area (Å²) in [5.41, 5.74) is 3.45. The third-order valence-corrected chi connectivity index (χ3v) is 5.85. The Balaban J connectivity index is 1.68. The minimum atomic E-state index is -0.654. The molecule has 32 heavy (non-hydrogen) atoms. The number of fused-ring (bicyclic) bond motifs is 2. The monoisotopic (exact) mass is 468 g/mol. The number of hydrogen-bond acceptors (Lipinski definition) is 4. The minimum absolute atomic E-state index is 0.249. The van der Waals surface area contributed by atoms with Gasteiger partial charge >= 0.3 is 0 Å². The predicted octanol–water partition coefficient (Wildman–Crippen LogP) is 7.15. The van der Waals surface area contributed by atoms with Crippen LogP contribution in [0, 0.1) is 11.6 Å². The van der Waals surface area contributed by atoms with Crippen molar-refractivity contribution in [1.82, 2.24) is 9.97 Å². The summed E-state index contributed by atoms with van der Waals surface area (Å²) in [6.07, 6.45) is 0. The average molecular weight is 469 g/mol. The summed E-state index contributed by atoms with van der Waals surface area (Å²) in [4.78, 5) is 9.37. The number of nitrogens with one attached hydrogen (secondary N) is 2. The Kier molecular flexibility index (Phi) is 5.19. The fraction of sp³-hybridized carbons (Fsp3) is 0.0833. The Morgan fingerprint density at radius 2 is 1.78 bits per heavy atom. The van der Waals surface area contributed by atoms with E-state index in [1.807, 2.05) is 31.2 Å². The molecule has 0 aliphatic carbocycles. The minimum Gasteiger partial charge on any atom is -0.378 e. The van der Waals surface area contributed by atoms with Crippen LogP contribution in [-0.4, -0.2) is 16.5 Å². The van der Waals surface area contributed by atoms with Crippen LogP contribution in [0.3, 0.4) is 0 Å². The van der Waals surface area contributed by atoms with Gasteiger partial charge < -0.3 is 10.6 Å². The van der Waals surface area contributed by atoms with E-state index in [4.69, 9.17) is 28.2 Å². The molecule has 0 bridgehead atoms. The Hall–Kier alpha value is -3.22. The highest BCUT2D eigenvalue weighted by atomic mass is 35.5. The molecule has 0 atom stereocenters. The fourth-order valence-electron chi connectivity index (χ4n) is 3.75. The molecule has 8 heteroatoms. The van der Waals surface area contributed by atoms with E-state index in [1.54, 1.807) is 18.2 Å². The maximum atomic E-state index is 14.4. The number of hydrogen-bond donors (Lipinski definition) is 2. The zero-order valence-corrected chi connectivity index (χ0v) is 18.3. The van der Waals surface area contributed by atoms with Crippen molar-refractivity contribution in [3.05, 3.63) is 87.4 Å². The highest BCUT2D eigenvalue weighted by Crippen LogP contribution is 2.36. The van der Waals surface area contributed by atoms with Crippen LogP contribution in [0.2, 0.25) is 10.0 Å². The number of aromatic nitrogens is 2. The molecule has 0 spiro atoms. The van der Waals surface area contributed by atoms with Crippen LogP contribution >= 0.6 is 23.2 Å². The molecule has 3 aromatic carbocycles. The van der Waals surface area contributed by atoms with Gasteiger partial charge in [-0.25, -0.2) is 18.7 Å². The second-order valence-corrected chi connectivity index (χ2v) is 8.32. The van der Waals surface area contributed by atoms with Gasteiger partial charge in [0.1, 0.15) is 17.5 Å². The number of anilines is 2. The van der Waals surface area contributed by atoms with Gasteiger partial charge in [-0.15, -0.1) is 0 Å². The largest absolute Gasteiger partial charge is 0.378 e. The third-order valence-electron chi connectivity index (χ3n) is 5.30. The van der Waals surface area contributed by atoms with E-state index in [2.05, 4.69) is 15.6 Å². The van der Waals surface area contributed by atoms with Gasteiger partial charge in [-0.1, -0.05) is 35.3 Å². The number of para-hydroxylation sites is 1. The van der Waals surface area contributed by atoms with Crippen molar-refractivity contribution >= 4 is 51.3 Å². The van der Waals surface area contributed by atoms with Gasteiger partial charge in [0, 0.05) is 39.8 Å². The maximum Gasteiger partial charge on any atom is 0.163 e. The molecule has 1 aliphatic heterocycles. The zero-order valence-electron chi connectivity index (χ0n) is 16.8. The molecule has 0 unspecified atom stereocenters. The van der Waals surface area contributed by atoms with Gasteiger partial charge in [-0.05, 0) is 48.9 Å². The first-order valence-corrected chi connectivity index (χ1v) is 10.6. The van der Waals surface area contributed by atoms with Crippen LogP contribution in [0.25, 0.3) is 28.0 Å². The van der Waals surface area contributed by atoms with Gasteiger partial charge in [0.05, 0.1) is 16.2 Å². The van der Waals surface area contributed by atoms with Crippen LogP contribution in [-0.2, 0) is 0 Å². The molecule has 1 aromatic heterocycles. The molecule has 0 saturated carbocycles. The lowest BCUT2D eigenvalue weighted by Crippen LogP contribution is -2.18. The summed E-state index contributed by atoms with van der Waals surface area (Å²) >= 11 is 12.4. The molecule has 0 saturated heterocycles. The van der Waals surface area contributed by atoms with E-state index >= 15 is 0 Å². The molecule has 1 aliphatic rings. The normalized spacial score (nSPS) is 13.2. The zero-order chi connectivity index (χ0) is 22.4. The molecule has 0 radical (unpaired) electrons. The van der Waals surface area contributed by atoms with Crippen LogP contribution in [0.1, 0.15) is 12.5 Å². The van der Waals surface area contributed by atoms with Gasteiger partial charge in [-0.2, -0.15) is 0 Å². The molecule has 2 heterocycles. The van der Waals surface area contributed by atoms with E-state index in [9.17, 15) is 8.78 Å². The molecule has 2 N–H and O–H groups in total. The van der Waals surface area contributed by atoms with Crippen LogP contribution in [0.4, 0.5) is 20.3 Å². The van der Waals surface area contributed by atoms with E-state index in [1.165, 1.54) is 6.07 Å². The Morgan fingerprint density at radius 3 is 2.59 bits per heavy atom. The van der Waals surface area contributed by atoms with Crippen molar-refractivity contribution in [2.45, 2.75) is 6.92 Å². The summed E-state index contributed by atoms with van der Waals surface area (Å²) in [7, 11) is 0. The summed E-state index contributed by atoms with van der Waals surface area (Å²) in [5.74, 6) is -0.389. The summed E-state index contributed by atoms with van der Waals surface area (Å²) < 4.78 is 28.4. The standard InChI is InChI=1S/C24H16Cl2F2N4/c1-12-11-29-22-17(9-14(27)10-19(22)28)21(12)31-24-16-4-2-3-5-20(16)30-23(32-24)15-7-6-13(25)8-18(15)26/h2-10,29H,11H2,1H3,(H,30,31,32). The molecule has 4 aromatic rings. The van der Waals surface area contributed by atoms with Crippen molar-refractivity contribution in [3.8, 4) is 11.4 Å². The van der Waals surface area contributed by atoms with Crippen molar-refractivity contribution in [2.75, 3.05) is 17.2 Å². The molecule has 0 amide bonds. The topological polar surface area (TPSA) is 49.8 Å². The van der Waals surface area contributed by atoms with Crippen molar-refractivity contribution in [2.24, 2.45) is 0 Å². The Morgan fingerprint density at radius 1 is 0.969 bits per heavy atom. The van der Waals surface area contributed by atoms with Crippen molar-refractivity contribution in [1.29, 1.82) is 0 Å². The maximum absolute atomic E-state index is 14.4. The molecular formula is C24H16Cl2F2N4. The van der Waals surface area contributed by atoms with Crippen molar-refractivity contribution in [3.63, 3.8) is 0 Å². The quantitative estimate of drug-likeness (QED) is 0.335. The average Bonchev–Trinajstić information content (AvgIpc) is 2.75.